The molecule has 5 heterocycles. The Labute approximate surface area is 199 Å². The summed E-state index contributed by atoms with van der Waals surface area (Å²) in [4.78, 5) is 6.66. The summed E-state index contributed by atoms with van der Waals surface area (Å²) in [6.07, 6.45) is 7.79. The maximum Gasteiger partial charge on any atom is 0.278 e. The van der Waals surface area contributed by atoms with E-state index in [1.54, 1.807) is 23.0 Å². The van der Waals surface area contributed by atoms with Gasteiger partial charge in [-0.3, -0.25) is 4.90 Å². The van der Waals surface area contributed by atoms with Gasteiger partial charge in [0, 0.05) is 43.2 Å². The summed E-state index contributed by atoms with van der Waals surface area (Å²) in [5, 5.41) is 16.3. The molecule has 0 aromatic carbocycles. The van der Waals surface area contributed by atoms with E-state index in [-0.39, 0.29) is 5.25 Å². The Morgan fingerprint density at radius 3 is 2.94 bits per heavy atom. The highest BCUT2D eigenvalue weighted by molar-refractivity contribution is 8.05. The maximum absolute atomic E-state index is 14.4. The third kappa shape index (κ3) is 4.18. The van der Waals surface area contributed by atoms with Crippen LogP contribution in [0, 0.1) is 12.8 Å². The van der Waals surface area contributed by atoms with Gasteiger partial charge in [0.25, 0.3) is 5.92 Å². The molecule has 0 radical (unpaired) electrons. The fourth-order valence-electron chi connectivity index (χ4n) is 4.94. The Balaban J connectivity index is 1.28. The van der Waals surface area contributed by atoms with Crippen LogP contribution in [0.1, 0.15) is 29.7 Å². The van der Waals surface area contributed by atoms with Gasteiger partial charge in [-0.1, -0.05) is 16.8 Å². The van der Waals surface area contributed by atoms with Crippen molar-refractivity contribution in [2.75, 3.05) is 19.7 Å². The average Bonchev–Trinajstić information content (AvgIpc) is 3.37. The predicted octanol–water partition coefficient (Wildman–Crippen LogP) is 4.20. The van der Waals surface area contributed by atoms with E-state index < -0.39 is 24.0 Å². The molecule has 0 saturated carbocycles. The average molecular weight is 496 g/mol. The molecule has 2 aromatic heterocycles. The summed E-state index contributed by atoms with van der Waals surface area (Å²) in [6, 6.07) is 3.56. The monoisotopic (exact) mass is 495 g/mol. The highest BCUT2D eigenvalue weighted by atomic mass is 35.5. The van der Waals surface area contributed by atoms with Crippen molar-refractivity contribution in [1.82, 2.24) is 19.7 Å². The number of halogens is 3. The minimum absolute atomic E-state index is 0.351. The highest BCUT2D eigenvalue weighted by Crippen LogP contribution is 2.56. The third-order valence-corrected chi connectivity index (χ3v) is 8.49. The van der Waals surface area contributed by atoms with Crippen LogP contribution < -0.4 is 0 Å². The molecule has 11 heteroatoms. The van der Waals surface area contributed by atoms with Gasteiger partial charge < -0.3 is 9.94 Å². The minimum Gasteiger partial charge on any atom is -0.411 e. The quantitative estimate of drug-likeness (QED) is 0.389. The van der Waals surface area contributed by atoms with Crippen molar-refractivity contribution in [1.29, 1.82) is 0 Å². The molecular weight excluding hydrogens is 472 g/mol. The molecule has 2 atom stereocenters. The van der Waals surface area contributed by atoms with E-state index in [9.17, 15) is 8.78 Å². The van der Waals surface area contributed by atoms with Gasteiger partial charge in [0.1, 0.15) is 6.61 Å². The lowest BCUT2D eigenvalue weighted by molar-refractivity contribution is -0.215. The number of nitrogens with zero attached hydrogens (tertiary/aromatic N) is 5. The molecule has 2 aromatic rings. The molecule has 0 bridgehead atoms. The second-order valence-electron chi connectivity index (χ2n) is 8.77. The highest BCUT2D eigenvalue weighted by Gasteiger charge is 2.60. The predicted molar refractivity (Wildman–Crippen MR) is 122 cm³/mol. The zero-order chi connectivity index (χ0) is 23.2. The summed E-state index contributed by atoms with van der Waals surface area (Å²) >= 11 is 7.47. The molecular formula is C22H24ClF2N5O2S. The lowest BCUT2D eigenvalue weighted by Gasteiger charge is -2.51. The van der Waals surface area contributed by atoms with Gasteiger partial charge in [-0.05, 0) is 38.0 Å². The molecule has 176 valence electrons. The number of piperidine rings is 1. The molecule has 2 fully saturated rings. The van der Waals surface area contributed by atoms with Gasteiger partial charge in [0.05, 0.1) is 33.0 Å². The summed E-state index contributed by atoms with van der Waals surface area (Å²) in [7, 11) is 0. The van der Waals surface area contributed by atoms with Crippen LogP contribution in [0.15, 0.2) is 40.1 Å². The van der Waals surface area contributed by atoms with E-state index in [4.69, 9.17) is 21.5 Å². The zero-order valence-corrected chi connectivity index (χ0v) is 19.6. The summed E-state index contributed by atoms with van der Waals surface area (Å²) in [6.45, 7) is 3.56. The van der Waals surface area contributed by atoms with E-state index in [1.165, 1.54) is 24.1 Å². The molecule has 0 amide bonds. The fourth-order valence-corrected chi connectivity index (χ4v) is 6.78. The Kier molecular flexibility index (Phi) is 5.97. The molecule has 3 aliphatic rings. The summed E-state index contributed by atoms with van der Waals surface area (Å²) in [5.74, 6) is -3.17. The SMILES string of the molecule is Cc1nn(-c2ncccc2/C=N\O)cc1CN1CCC2(CC1)OCC(F)(F)C1C=C(Cl)SC12. The van der Waals surface area contributed by atoms with Gasteiger partial charge in [-0.25, -0.2) is 18.4 Å². The number of aromatic nitrogens is 3. The Bertz CT molecular complexity index is 1100. The number of hydrogen-bond donors (Lipinski definition) is 1. The Morgan fingerprint density at radius 2 is 2.18 bits per heavy atom. The number of hydrogen-bond acceptors (Lipinski definition) is 7. The van der Waals surface area contributed by atoms with Crippen LogP contribution in [0.25, 0.3) is 5.82 Å². The van der Waals surface area contributed by atoms with Crippen molar-refractivity contribution in [3.8, 4) is 5.82 Å². The third-order valence-electron chi connectivity index (χ3n) is 6.76. The molecule has 5 rings (SSSR count). The molecule has 7 nitrogen and oxygen atoms in total. The number of rotatable bonds is 4. The van der Waals surface area contributed by atoms with Crippen molar-refractivity contribution in [2.45, 2.75) is 43.1 Å². The van der Waals surface area contributed by atoms with Crippen LogP contribution in [0.4, 0.5) is 8.78 Å². The molecule has 1 spiro atoms. The lowest BCUT2D eigenvalue weighted by Crippen LogP contribution is -2.61. The second-order valence-corrected chi connectivity index (χ2v) is 10.6. The first-order valence-electron chi connectivity index (χ1n) is 10.8. The van der Waals surface area contributed by atoms with Crippen LogP contribution in [-0.2, 0) is 11.3 Å². The van der Waals surface area contributed by atoms with E-state index >= 15 is 0 Å². The molecule has 2 saturated heterocycles. The van der Waals surface area contributed by atoms with E-state index in [0.29, 0.717) is 35.1 Å². The maximum atomic E-state index is 14.4. The topological polar surface area (TPSA) is 75.8 Å². The smallest absolute Gasteiger partial charge is 0.278 e. The number of thioether (sulfide) groups is 1. The van der Waals surface area contributed by atoms with Crippen LogP contribution in [-0.4, -0.2) is 67.6 Å². The van der Waals surface area contributed by atoms with Gasteiger partial charge in [0.2, 0.25) is 0 Å². The first-order chi connectivity index (χ1) is 15.8. The van der Waals surface area contributed by atoms with Crippen LogP contribution >= 0.6 is 23.4 Å². The summed E-state index contributed by atoms with van der Waals surface area (Å²) in [5.41, 5.74) is 2.00. The number of allylic oxidation sites excluding steroid dienone is 1. The van der Waals surface area contributed by atoms with E-state index in [0.717, 1.165) is 24.3 Å². The number of ether oxygens (including phenoxy) is 1. The summed E-state index contributed by atoms with van der Waals surface area (Å²) < 4.78 is 36.8. The number of aryl methyl sites for hydroxylation is 1. The van der Waals surface area contributed by atoms with Gasteiger partial charge in [-0.15, -0.1) is 11.8 Å². The van der Waals surface area contributed by atoms with Gasteiger partial charge in [0.15, 0.2) is 5.82 Å². The number of oxime groups is 1. The van der Waals surface area contributed by atoms with Gasteiger partial charge >= 0.3 is 0 Å². The standard InChI is InChI=1S/C22H24ClF2N5O2S/c1-14-16(12-30(28-14)20-15(10-27-31)3-2-6-26-20)11-29-7-4-21(5-8-29)19-17(9-18(23)33-19)22(24,25)13-32-21/h2-3,6,9-10,12,17,19,31H,4-5,7-8,11,13H2,1H3/b27-10-. The van der Waals surface area contributed by atoms with Crippen LogP contribution in [0.3, 0.4) is 0 Å². The van der Waals surface area contributed by atoms with Crippen LogP contribution in [0.5, 0.6) is 0 Å². The largest absolute Gasteiger partial charge is 0.411 e. The number of pyridine rings is 1. The normalized spacial score (nSPS) is 26.6. The van der Waals surface area contributed by atoms with Crippen molar-refractivity contribution in [3.05, 3.63) is 51.8 Å². The van der Waals surface area contributed by atoms with Crippen molar-refractivity contribution < 1.29 is 18.7 Å². The molecule has 2 unspecified atom stereocenters. The van der Waals surface area contributed by atoms with Gasteiger partial charge in [-0.2, -0.15) is 5.10 Å². The number of alkyl halides is 2. The van der Waals surface area contributed by atoms with E-state index in [1.807, 2.05) is 13.1 Å². The lowest BCUT2D eigenvalue weighted by atomic mass is 9.77. The first kappa shape index (κ1) is 22.8. The zero-order valence-electron chi connectivity index (χ0n) is 18.0. The molecule has 0 aliphatic carbocycles. The number of fused-ring (bicyclic) bond motifs is 2. The fraction of sp³-hybridized carbons (Fsp3) is 0.500. The van der Waals surface area contributed by atoms with Crippen molar-refractivity contribution >= 4 is 29.6 Å². The Morgan fingerprint density at radius 1 is 1.39 bits per heavy atom. The Hall–Kier alpha value is -2.01. The van der Waals surface area contributed by atoms with E-state index in [2.05, 4.69) is 20.1 Å². The molecule has 3 aliphatic heterocycles. The molecule has 1 N–H and O–H groups in total. The number of likely N-dealkylation sites (tertiary alicyclic amines) is 1. The molecule has 33 heavy (non-hydrogen) atoms. The van der Waals surface area contributed by atoms with Crippen molar-refractivity contribution in [3.63, 3.8) is 0 Å². The minimum atomic E-state index is -2.88. The second kappa shape index (κ2) is 8.65. The van der Waals surface area contributed by atoms with Crippen LogP contribution in [0.2, 0.25) is 0 Å². The first-order valence-corrected chi connectivity index (χ1v) is 12.0. The van der Waals surface area contributed by atoms with Crippen molar-refractivity contribution in [2.24, 2.45) is 11.1 Å².